The van der Waals surface area contributed by atoms with Crippen molar-refractivity contribution in [1.82, 2.24) is 9.80 Å². The number of amides is 1. The van der Waals surface area contributed by atoms with Crippen molar-refractivity contribution in [3.05, 3.63) is 65.2 Å². The summed E-state index contributed by atoms with van der Waals surface area (Å²) in [6.45, 7) is 2.01. The molecule has 0 unspecified atom stereocenters. The third-order valence-electron chi connectivity index (χ3n) is 4.17. The maximum atomic E-state index is 12.4. The van der Waals surface area contributed by atoms with Crippen LogP contribution in [-0.2, 0) is 0 Å². The zero-order valence-electron chi connectivity index (χ0n) is 16.6. The van der Waals surface area contributed by atoms with Crippen LogP contribution in [0.5, 0.6) is 0 Å². The molecule has 0 saturated heterocycles. The number of benzene rings is 2. The Kier molecular flexibility index (Phi) is 7.61. The van der Waals surface area contributed by atoms with Gasteiger partial charge in [0.05, 0.1) is 6.54 Å². The fourth-order valence-electron chi connectivity index (χ4n) is 2.43. The van der Waals surface area contributed by atoms with Crippen molar-refractivity contribution >= 4 is 17.4 Å². The van der Waals surface area contributed by atoms with Crippen LogP contribution in [0.3, 0.4) is 0 Å². The monoisotopic (exact) mass is 377 g/mol. The lowest BCUT2D eigenvalue weighted by atomic mass is 10.1. The number of nitrogens with two attached hydrogens (primary N) is 1. The van der Waals surface area contributed by atoms with Gasteiger partial charge in [-0.15, -0.1) is 0 Å². The summed E-state index contributed by atoms with van der Waals surface area (Å²) >= 11 is 0. The van der Waals surface area contributed by atoms with Crippen LogP contribution >= 0.6 is 0 Å². The van der Waals surface area contributed by atoms with Crippen molar-refractivity contribution in [2.24, 2.45) is 5.73 Å². The van der Waals surface area contributed by atoms with Gasteiger partial charge < -0.3 is 20.9 Å². The van der Waals surface area contributed by atoms with E-state index >= 15 is 0 Å². The fourth-order valence-corrected chi connectivity index (χ4v) is 2.43. The molecule has 2 rings (SSSR count). The maximum Gasteiger partial charge on any atom is 0.253 e. The van der Waals surface area contributed by atoms with E-state index in [1.807, 2.05) is 62.4 Å². The molecule has 0 spiro atoms. The minimum Gasteiger partial charge on any atom is -0.384 e. The quantitative estimate of drug-likeness (QED) is 0.392. The van der Waals surface area contributed by atoms with E-state index in [9.17, 15) is 4.79 Å². The molecule has 6 nitrogen and oxygen atoms in total. The highest BCUT2D eigenvalue weighted by atomic mass is 16.2. The molecular weight excluding hydrogens is 350 g/mol. The highest BCUT2D eigenvalue weighted by Gasteiger charge is 2.11. The van der Waals surface area contributed by atoms with Crippen molar-refractivity contribution in [1.29, 1.82) is 5.41 Å². The van der Waals surface area contributed by atoms with E-state index < -0.39 is 0 Å². The number of rotatable bonds is 7. The summed E-state index contributed by atoms with van der Waals surface area (Å²) in [6.07, 6.45) is 0. The van der Waals surface area contributed by atoms with Gasteiger partial charge in [-0.25, -0.2) is 0 Å². The highest BCUT2D eigenvalue weighted by Crippen LogP contribution is 2.09. The Labute approximate surface area is 166 Å². The largest absolute Gasteiger partial charge is 0.384 e. The van der Waals surface area contributed by atoms with E-state index in [0.29, 0.717) is 24.2 Å². The van der Waals surface area contributed by atoms with Crippen LogP contribution in [0.15, 0.2) is 48.5 Å². The number of hydrogen-bond donors (Lipinski definition) is 3. The first-order valence-electron chi connectivity index (χ1n) is 9.04. The second-order valence-corrected chi connectivity index (χ2v) is 6.75. The number of amidine groups is 1. The molecule has 0 aliphatic carbocycles. The van der Waals surface area contributed by atoms with Crippen LogP contribution in [0.1, 0.15) is 21.5 Å². The average Bonchev–Trinajstić information content (AvgIpc) is 2.69. The summed E-state index contributed by atoms with van der Waals surface area (Å²) in [4.78, 5) is 16.2. The van der Waals surface area contributed by atoms with E-state index in [-0.39, 0.29) is 11.7 Å². The molecule has 0 fully saturated rings. The van der Waals surface area contributed by atoms with Gasteiger partial charge in [-0.3, -0.25) is 10.2 Å². The number of anilines is 1. The van der Waals surface area contributed by atoms with Crippen LogP contribution in [0.25, 0.3) is 0 Å². The van der Waals surface area contributed by atoms with E-state index in [4.69, 9.17) is 11.1 Å². The maximum absolute atomic E-state index is 12.4. The Hall–Kier alpha value is -3.30. The topological polar surface area (TPSA) is 85.5 Å². The van der Waals surface area contributed by atoms with E-state index in [1.54, 1.807) is 17.0 Å². The number of nitrogens with zero attached hydrogens (tertiary/aromatic N) is 2. The SMILES string of the molecule is CN(C)CCN(C)C(=O)c1ccc(C#CCNc2ccc(C(=N)N)cc2)cc1. The van der Waals surface area contributed by atoms with Crippen molar-refractivity contribution < 1.29 is 4.79 Å². The van der Waals surface area contributed by atoms with Crippen LogP contribution in [0.4, 0.5) is 5.69 Å². The molecule has 1 amide bonds. The van der Waals surface area contributed by atoms with Gasteiger partial charge in [0.1, 0.15) is 5.84 Å². The summed E-state index contributed by atoms with van der Waals surface area (Å²) in [5, 5.41) is 10.6. The number of nitrogen functional groups attached to an aromatic ring is 1. The molecule has 4 N–H and O–H groups in total. The van der Waals surface area contributed by atoms with Crippen LogP contribution in [0.2, 0.25) is 0 Å². The zero-order chi connectivity index (χ0) is 20.5. The van der Waals surface area contributed by atoms with E-state index in [0.717, 1.165) is 17.8 Å². The Bertz CT molecular complexity index is 861. The second kappa shape index (κ2) is 10.1. The van der Waals surface area contributed by atoms with Crippen LogP contribution in [-0.4, -0.2) is 62.3 Å². The lowest BCUT2D eigenvalue weighted by molar-refractivity contribution is 0.0786. The first-order valence-corrected chi connectivity index (χ1v) is 9.04. The predicted molar refractivity (Wildman–Crippen MR) is 115 cm³/mol. The molecule has 146 valence electrons. The van der Waals surface area contributed by atoms with Crippen molar-refractivity contribution in [3.8, 4) is 11.8 Å². The predicted octanol–water partition coefficient (Wildman–Crippen LogP) is 2.07. The van der Waals surface area contributed by atoms with Crippen molar-refractivity contribution in [2.45, 2.75) is 0 Å². The molecule has 0 heterocycles. The standard InChI is InChI=1S/C22H27N5O/c1-26(2)15-16-27(3)22(28)19-8-6-17(7-9-19)5-4-14-25-20-12-10-18(11-13-20)21(23)24/h6-13,25H,14-16H2,1-3H3,(H3,23,24). The molecule has 2 aromatic carbocycles. The summed E-state index contributed by atoms with van der Waals surface area (Å²) in [5.41, 5.74) is 8.57. The third kappa shape index (κ3) is 6.45. The van der Waals surface area contributed by atoms with Crippen LogP contribution in [0, 0.1) is 17.3 Å². The first-order chi connectivity index (χ1) is 13.4. The van der Waals surface area contributed by atoms with Gasteiger partial charge >= 0.3 is 0 Å². The Morgan fingerprint density at radius 1 is 1.00 bits per heavy atom. The van der Waals surface area contributed by atoms with Gasteiger partial charge in [-0.1, -0.05) is 11.8 Å². The third-order valence-corrected chi connectivity index (χ3v) is 4.17. The molecule has 0 saturated carbocycles. The molecule has 0 radical (unpaired) electrons. The number of carbonyl (C=O) groups excluding carboxylic acids is 1. The minimum absolute atomic E-state index is 0.0111. The highest BCUT2D eigenvalue weighted by molar-refractivity contribution is 5.95. The summed E-state index contributed by atoms with van der Waals surface area (Å²) in [7, 11) is 5.79. The summed E-state index contributed by atoms with van der Waals surface area (Å²) < 4.78 is 0. The lowest BCUT2D eigenvalue weighted by Gasteiger charge is -2.19. The number of nitrogens with one attached hydrogen (secondary N) is 2. The number of carbonyl (C=O) groups is 1. The smallest absolute Gasteiger partial charge is 0.253 e. The minimum atomic E-state index is 0.0111. The van der Waals surface area contributed by atoms with Crippen LogP contribution < -0.4 is 11.1 Å². The molecule has 28 heavy (non-hydrogen) atoms. The fraction of sp³-hybridized carbons (Fsp3) is 0.273. The van der Waals surface area contributed by atoms with Gasteiger partial charge in [0.2, 0.25) is 0 Å². The van der Waals surface area contributed by atoms with Gasteiger partial charge in [0, 0.05) is 42.5 Å². The lowest BCUT2D eigenvalue weighted by Crippen LogP contribution is -2.33. The van der Waals surface area contributed by atoms with Gasteiger partial charge in [0.25, 0.3) is 5.91 Å². The van der Waals surface area contributed by atoms with Gasteiger partial charge in [-0.2, -0.15) is 0 Å². The van der Waals surface area contributed by atoms with E-state index in [1.165, 1.54) is 0 Å². The number of hydrogen-bond acceptors (Lipinski definition) is 4. The normalized spacial score (nSPS) is 10.1. The van der Waals surface area contributed by atoms with Gasteiger partial charge in [0.15, 0.2) is 0 Å². The molecule has 0 bridgehead atoms. The average molecular weight is 377 g/mol. The first kappa shape index (κ1) is 21.0. The zero-order valence-corrected chi connectivity index (χ0v) is 16.6. The Morgan fingerprint density at radius 3 is 2.18 bits per heavy atom. The molecule has 6 heteroatoms. The Balaban J connectivity index is 1.87. The second-order valence-electron chi connectivity index (χ2n) is 6.75. The number of likely N-dealkylation sites (N-methyl/N-ethyl adjacent to an activating group) is 2. The molecular formula is C22H27N5O. The summed E-state index contributed by atoms with van der Waals surface area (Å²) in [5.74, 6) is 6.21. The molecule has 0 aliphatic heterocycles. The molecule has 0 atom stereocenters. The molecule has 0 aromatic heterocycles. The van der Waals surface area contributed by atoms with Gasteiger partial charge in [-0.05, 0) is 62.6 Å². The molecule has 0 aliphatic rings. The van der Waals surface area contributed by atoms with E-state index in [2.05, 4.69) is 17.2 Å². The molecule has 2 aromatic rings. The van der Waals surface area contributed by atoms with Crippen molar-refractivity contribution in [2.75, 3.05) is 46.1 Å². The Morgan fingerprint density at radius 2 is 1.61 bits per heavy atom. The van der Waals surface area contributed by atoms with Crippen molar-refractivity contribution in [3.63, 3.8) is 0 Å². The summed E-state index contributed by atoms with van der Waals surface area (Å²) in [6, 6.07) is 14.7.